The van der Waals surface area contributed by atoms with Crippen LogP contribution in [0.25, 0.3) is 0 Å². The van der Waals surface area contributed by atoms with Crippen LogP contribution in [-0.4, -0.2) is 56.2 Å². The van der Waals surface area contributed by atoms with Crippen LogP contribution in [0.1, 0.15) is 0 Å². The Labute approximate surface area is 78.0 Å². The van der Waals surface area contributed by atoms with Gasteiger partial charge in [0.1, 0.15) is 0 Å². The number of guanidine groups is 1. The summed E-state index contributed by atoms with van der Waals surface area (Å²) in [5, 5.41) is 0. The van der Waals surface area contributed by atoms with Gasteiger partial charge in [-0.05, 0) is 0 Å². The Hall–Kier alpha value is -0.700. The molecule has 0 aromatic carbocycles. The van der Waals surface area contributed by atoms with Gasteiger partial charge in [0.2, 0.25) is 0 Å². The number of hydrogen-bond acceptors (Lipinski definition) is 3. The summed E-state index contributed by atoms with van der Waals surface area (Å²) in [6, 6.07) is 0. The fourth-order valence-corrected chi connectivity index (χ4v) is 0.300. The van der Waals surface area contributed by atoms with E-state index in [4.69, 9.17) is 23.3 Å². The number of nitrogens with zero attached hydrogens (tertiary/aromatic N) is 2. The van der Waals surface area contributed by atoms with Crippen LogP contribution in [0.4, 0.5) is 0 Å². The van der Waals surface area contributed by atoms with E-state index in [-0.39, 0.29) is 0 Å². The molecule has 0 aromatic heterocycles. The van der Waals surface area contributed by atoms with Crippen molar-refractivity contribution in [2.75, 3.05) is 28.2 Å². The van der Waals surface area contributed by atoms with Gasteiger partial charge >= 0.3 is 10.4 Å². The van der Waals surface area contributed by atoms with Crippen LogP contribution < -0.4 is 5.73 Å². The van der Waals surface area contributed by atoms with Crippen LogP contribution >= 0.6 is 0 Å². The van der Waals surface area contributed by atoms with Gasteiger partial charge < -0.3 is 5.73 Å². The maximum absolute atomic E-state index is 8.74. The summed E-state index contributed by atoms with van der Waals surface area (Å²) in [6.45, 7) is 0. The summed E-state index contributed by atoms with van der Waals surface area (Å²) in [4.78, 5) is 3.83. The topological polar surface area (TPSA) is 113 Å². The zero-order valence-electron chi connectivity index (χ0n) is 8.09. The second kappa shape index (κ2) is 5.12. The first kappa shape index (κ1) is 14.8. The van der Waals surface area contributed by atoms with Gasteiger partial charge in [0.05, 0.1) is 21.1 Å². The highest BCUT2D eigenvalue weighted by molar-refractivity contribution is 7.79. The molecule has 0 rings (SSSR count). The highest BCUT2D eigenvalue weighted by Gasteiger charge is 2.10. The lowest BCUT2D eigenvalue weighted by molar-refractivity contribution is -0.778. The van der Waals surface area contributed by atoms with Gasteiger partial charge in [0.25, 0.3) is 5.96 Å². The van der Waals surface area contributed by atoms with Crippen molar-refractivity contribution in [1.29, 1.82) is 0 Å². The molecule has 0 heterocycles. The van der Waals surface area contributed by atoms with Crippen molar-refractivity contribution < 1.29 is 22.0 Å². The zero-order valence-corrected chi connectivity index (χ0v) is 8.91. The molecule has 0 aliphatic heterocycles. The molecule has 0 spiro atoms. The van der Waals surface area contributed by atoms with Gasteiger partial charge in [0, 0.05) is 7.05 Å². The van der Waals surface area contributed by atoms with E-state index in [9.17, 15) is 0 Å². The predicted octanol–water partition coefficient (Wildman–Crippen LogP) is -1.02. The van der Waals surface area contributed by atoms with Gasteiger partial charge in [-0.25, -0.2) is 4.99 Å². The molecule has 0 unspecified atom stereocenters. The van der Waals surface area contributed by atoms with E-state index in [0.717, 1.165) is 0 Å². The van der Waals surface area contributed by atoms with Crippen LogP contribution in [-0.2, 0) is 10.4 Å². The molecule has 0 aliphatic carbocycles. The van der Waals surface area contributed by atoms with Crippen molar-refractivity contribution in [2.24, 2.45) is 10.7 Å². The molecule has 0 aliphatic rings. The maximum Gasteiger partial charge on any atom is 0.394 e. The van der Waals surface area contributed by atoms with E-state index in [2.05, 4.69) is 4.99 Å². The highest BCUT2D eigenvalue weighted by Crippen LogP contribution is 1.86. The molecule has 0 radical (unpaired) electrons. The summed E-state index contributed by atoms with van der Waals surface area (Å²) in [7, 11) is 2.95. The Morgan fingerprint density at radius 3 is 1.54 bits per heavy atom. The average molecular weight is 214 g/mol. The monoisotopic (exact) mass is 214 g/mol. The summed E-state index contributed by atoms with van der Waals surface area (Å²) in [6.07, 6.45) is 0. The van der Waals surface area contributed by atoms with Crippen LogP contribution in [0.3, 0.4) is 0 Å². The lowest BCUT2D eigenvalue weighted by atomic mass is 10.7. The molecule has 4 N–H and O–H groups in total. The van der Waals surface area contributed by atoms with Crippen molar-refractivity contribution in [2.45, 2.75) is 0 Å². The van der Waals surface area contributed by atoms with Crippen molar-refractivity contribution in [3.05, 3.63) is 0 Å². The average Bonchev–Trinajstić information content (AvgIpc) is 1.80. The molecule has 0 amide bonds. The molecule has 8 heteroatoms. The first-order valence-electron chi connectivity index (χ1n) is 3.22. The first-order chi connectivity index (χ1) is 5.48. The van der Waals surface area contributed by atoms with Crippen molar-refractivity contribution >= 4 is 16.4 Å². The molecule has 0 aromatic rings. The first-order valence-corrected chi connectivity index (χ1v) is 4.62. The van der Waals surface area contributed by atoms with Crippen LogP contribution in [0.15, 0.2) is 4.99 Å². The second-order valence-electron chi connectivity index (χ2n) is 3.04. The lowest BCUT2D eigenvalue weighted by Crippen LogP contribution is -2.46. The molecule has 0 saturated heterocycles. The zero-order chi connectivity index (χ0) is 11.3. The molecular formula is C5H16N3O4S+. The minimum Gasteiger partial charge on any atom is -0.338 e. The summed E-state index contributed by atoms with van der Waals surface area (Å²) in [5.41, 5.74) is 5.47. The fourth-order valence-electron chi connectivity index (χ4n) is 0.300. The number of quaternary nitrogens is 1. The van der Waals surface area contributed by atoms with E-state index in [1.165, 1.54) is 0 Å². The predicted molar refractivity (Wildman–Crippen MR) is 49.8 cm³/mol. The van der Waals surface area contributed by atoms with Gasteiger partial charge in [-0.3, -0.25) is 13.6 Å². The van der Waals surface area contributed by atoms with Gasteiger partial charge in [-0.1, -0.05) is 0 Å². The summed E-state index contributed by atoms with van der Waals surface area (Å²) < 4.78 is 32.2. The third-order valence-electron chi connectivity index (χ3n) is 0.916. The van der Waals surface area contributed by atoms with Crippen molar-refractivity contribution in [3.8, 4) is 0 Å². The Morgan fingerprint density at radius 1 is 1.31 bits per heavy atom. The quantitative estimate of drug-likeness (QED) is 0.207. The number of nitrogens with two attached hydrogens (primary N) is 1. The highest BCUT2D eigenvalue weighted by atomic mass is 32.3. The Bertz CT molecular complexity index is 256. The molecule has 0 fully saturated rings. The third-order valence-corrected chi connectivity index (χ3v) is 0.916. The fraction of sp³-hybridized carbons (Fsp3) is 0.800. The lowest BCUT2D eigenvalue weighted by Gasteiger charge is -2.20. The normalized spacial score (nSPS) is 13.2. The molecule has 0 bridgehead atoms. The Morgan fingerprint density at radius 2 is 1.54 bits per heavy atom. The van der Waals surface area contributed by atoms with Gasteiger partial charge in [0.15, 0.2) is 0 Å². The standard InChI is InChI=1S/C5H14N3.H2O4S/c1-7-5(6)8(2,3)4;1-5(2,3)4/h1-4H3,(H2,6,7);(H2,1,2,3,4)/q+1;. The van der Waals surface area contributed by atoms with E-state index in [1.807, 2.05) is 21.1 Å². The third kappa shape index (κ3) is 18.3. The smallest absolute Gasteiger partial charge is 0.338 e. The van der Waals surface area contributed by atoms with Crippen LogP contribution in [0.2, 0.25) is 0 Å². The van der Waals surface area contributed by atoms with Crippen LogP contribution in [0.5, 0.6) is 0 Å². The van der Waals surface area contributed by atoms with E-state index < -0.39 is 10.4 Å². The SMILES string of the molecule is CN=C(N)[N+](C)(C)C.O=S(=O)(O)O. The second-order valence-corrected chi connectivity index (χ2v) is 3.94. The molecule has 13 heavy (non-hydrogen) atoms. The minimum absolute atomic E-state index is 0.608. The molecule has 80 valence electrons. The van der Waals surface area contributed by atoms with Crippen LogP contribution in [0, 0.1) is 0 Å². The van der Waals surface area contributed by atoms with Crippen molar-refractivity contribution in [3.63, 3.8) is 0 Å². The van der Waals surface area contributed by atoms with E-state index >= 15 is 0 Å². The Balaban J connectivity index is 0. The number of aliphatic imine (C=N–C) groups is 1. The minimum atomic E-state index is -4.67. The maximum atomic E-state index is 8.74. The van der Waals surface area contributed by atoms with Gasteiger partial charge in [-0.15, -0.1) is 0 Å². The molecule has 0 atom stereocenters. The van der Waals surface area contributed by atoms with Crippen molar-refractivity contribution in [1.82, 2.24) is 0 Å². The number of rotatable bonds is 0. The largest absolute Gasteiger partial charge is 0.394 e. The molecule has 7 nitrogen and oxygen atoms in total. The van der Waals surface area contributed by atoms with Gasteiger partial charge in [-0.2, -0.15) is 8.42 Å². The van der Waals surface area contributed by atoms with E-state index in [0.29, 0.717) is 10.4 Å². The number of hydrogen-bond donors (Lipinski definition) is 3. The molecule has 0 saturated carbocycles. The van der Waals surface area contributed by atoms with E-state index in [1.54, 1.807) is 7.05 Å². The Kier molecular flexibility index (Phi) is 5.83. The summed E-state index contributed by atoms with van der Waals surface area (Å²) >= 11 is 0. The summed E-state index contributed by atoms with van der Waals surface area (Å²) in [5.74, 6) is 0.644. The molecular weight excluding hydrogens is 198 g/mol.